The average Bonchev–Trinajstić information content (AvgIpc) is 2.25. The normalized spacial score (nSPS) is 12.1. The predicted octanol–water partition coefficient (Wildman–Crippen LogP) is 1.02. The fourth-order valence-corrected chi connectivity index (χ4v) is 1.29. The maximum absolute atomic E-state index is 11.2. The van der Waals surface area contributed by atoms with E-state index < -0.39 is 6.04 Å². The first-order chi connectivity index (χ1) is 7.24. The standard InChI is InChI=1S/C11H21NO3/c1-2-3-4-5-6-7-11(15)12-10(8-13)9-14/h8,10,14H,2-7,9H2,1H3,(H,12,15). The Bertz CT molecular complexity index is 183. The lowest BCUT2D eigenvalue weighted by atomic mass is 10.1. The van der Waals surface area contributed by atoms with Gasteiger partial charge in [0.1, 0.15) is 12.3 Å². The molecule has 0 spiro atoms. The summed E-state index contributed by atoms with van der Waals surface area (Å²) in [7, 11) is 0. The molecular weight excluding hydrogens is 194 g/mol. The van der Waals surface area contributed by atoms with Gasteiger partial charge in [0.05, 0.1) is 6.61 Å². The van der Waals surface area contributed by atoms with Gasteiger partial charge in [-0.3, -0.25) is 4.79 Å². The third kappa shape index (κ3) is 8.12. The van der Waals surface area contributed by atoms with Crippen LogP contribution in [0, 0.1) is 0 Å². The summed E-state index contributed by atoms with van der Waals surface area (Å²) < 4.78 is 0. The Morgan fingerprint density at radius 2 is 2.00 bits per heavy atom. The summed E-state index contributed by atoms with van der Waals surface area (Å²) in [5, 5.41) is 11.1. The summed E-state index contributed by atoms with van der Waals surface area (Å²) >= 11 is 0. The summed E-state index contributed by atoms with van der Waals surface area (Å²) in [6.45, 7) is 1.81. The van der Waals surface area contributed by atoms with Gasteiger partial charge in [-0.25, -0.2) is 0 Å². The molecule has 4 nitrogen and oxygen atoms in total. The first-order valence-electron chi connectivity index (χ1n) is 5.60. The molecule has 1 atom stereocenters. The molecule has 0 fully saturated rings. The van der Waals surface area contributed by atoms with Gasteiger partial charge in [0.2, 0.25) is 5.91 Å². The Labute approximate surface area is 91.1 Å². The first kappa shape index (κ1) is 14.1. The van der Waals surface area contributed by atoms with Crippen LogP contribution in [0.25, 0.3) is 0 Å². The largest absolute Gasteiger partial charge is 0.394 e. The third-order valence-electron chi connectivity index (χ3n) is 2.21. The van der Waals surface area contributed by atoms with Gasteiger partial charge in [-0.15, -0.1) is 0 Å². The second-order valence-electron chi connectivity index (χ2n) is 3.66. The summed E-state index contributed by atoms with van der Waals surface area (Å²) in [5.74, 6) is -0.155. The van der Waals surface area contributed by atoms with Crippen molar-refractivity contribution in [1.82, 2.24) is 5.32 Å². The molecule has 0 aliphatic carbocycles. The molecule has 0 heterocycles. The van der Waals surface area contributed by atoms with Crippen molar-refractivity contribution < 1.29 is 14.7 Å². The van der Waals surface area contributed by atoms with Gasteiger partial charge in [0, 0.05) is 6.42 Å². The topological polar surface area (TPSA) is 66.4 Å². The fourth-order valence-electron chi connectivity index (χ4n) is 1.29. The van der Waals surface area contributed by atoms with Gasteiger partial charge < -0.3 is 15.2 Å². The summed E-state index contributed by atoms with van der Waals surface area (Å²) in [4.78, 5) is 21.5. The van der Waals surface area contributed by atoms with Crippen LogP contribution in [0.4, 0.5) is 0 Å². The van der Waals surface area contributed by atoms with E-state index in [0.29, 0.717) is 12.7 Å². The molecule has 15 heavy (non-hydrogen) atoms. The van der Waals surface area contributed by atoms with E-state index in [1.807, 2.05) is 0 Å². The number of hydrogen-bond donors (Lipinski definition) is 2. The minimum atomic E-state index is -0.742. The van der Waals surface area contributed by atoms with Crippen LogP contribution in [0.5, 0.6) is 0 Å². The second kappa shape index (κ2) is 9.65. The number of amides is 1. The highest BCUT2D eigenvalue weighted by Crippen LogP contribution is 2.04. The van der Waals surface area contributed by atoms with Crippen molar-refractivity contribution in [2.75, 3.05) is 6.61 Å². The summed E-state index contributed by atoms with van der Waals surface area (Å²) in [5.41, 5.74) is 0. The molecule has 0 aliphatic heterocycles. The zero-order valence-corrected chi connectivity index (χ0v) is 9.37. The lowest BCUT2D eigenvalue weighted by molar-refractivity contribution is -0.124. The molecule has 2 N–H and O–H groups in total. The number of nitrogens with one attached hydrogen (secondary N) is 1. The molecule has 0 radical (unpaired) electrons. The Hall–Kier alpha value is -0.900. The lowest BCUT2D eigenvalue weighted by Gasteiger charge is -2.09. The maximum atomic E-state index is 11.2. The molecule has 88 valence electrons. The van der Waals surface area contributed by atoms with Gasteiger partial charge >= 0.3 is 0 Å². The number of carbonyl (C=O) groups excluding carboxylic acids is 2. The molecule has 0 aromatic carbocycles. The van der Waals surface area contributed by atoms with Crippen molar-refractivity contribution in [3.63, 3.8) is 0 Å². The van der Waals surface area contributed by atoms with Crippen LogP contribution >= 0.6 is 0 Å². The van der Waals surface area contributed by atoms with Gasteiger partial charge in [-0.05, 0) is 6.42 Å². The highest BCUT2D eigenvalue weighted by Gasteiger charge is 2.08. The predicted molar refractivity (Wildman–Crippen MR) is 58.5 cm³/mol. The molecule has 0 saturated carbocycles. The fraction of sp³-hybridized carbons (Fsp3) is 0.818. The quantitative estimate of drug-likeness (QED) is 0.446. The van der Waals surface area contributed by atoms with E-state index in [-0.39, 0.29) is 12.5 Å². The van der Waals surface area contributed by atoms with Crippen LogP contribution in [0.1, 0.15) is 45.4 Å². The van der Waals surface area contributed by atoms with E-state index in [1.165, 1.54) is 12.8 Å². The number of rotatable bonds is 9. The van der Waals surface area contributed by atoms with Crippen molar-refractivity contribution in [2.45, 2.75) is 51.5 Å². The van der Waals surface area contributed by atoms with E-state index in [9.17, 15) is 9.59 Å². The van der Waals surface area contributed by atoms with E-state index in [1.54, 1.807) is 0 Å². The van der Waals surface area contributed by atoms with Gasteiger partial charge in [0.25, 0.3) is 0 Å². The molecule has 1 unspecified atom stereocenters. The molecular formula is C11H21NO3. The molecule has 4 heteroatoms. The minimum absolute atomic E-state index is 0.155. The Morgan fingerprint density at radius 3 is 2.53 bits per heavy atom. The lowest BCUT2D eigenvalue weighted by Crippen LogP contribution is -2.38. The molecule has 1 amide bonds. The Morgan fingerprint density at radius 1 is 1.33 bits per heavy atom. The van der Waals surface area contributed by atoms with E-state index in [2.05, 4.69) is 12.2 Å². The zero-order chi connectivity index (χ0) is 11.5. The van der Waals surface area contributed by atoms with Crippen molar-refractivity contribution in [3.8, 4) is 0 Å². The SMILES string of the molecule is CCCCCCCC(=O)NC(C=O)CO. The third-order valence-corrected chi connectivity index (χ3v) is 2.21. The highest BCUT2D eigenvalue weighted by atomic mass is 16.3. The van der Waals surface area contributed by atoms with Crippen LogP contribution in [0.15, 0.2) is 0 Å². The van der Waals surface area contributed by atoms with E-state index in [0.717, 1.165) is 19.3 Å². The van der Waals surface area contributed by atoms with E-state index in [4.69, 9.17) is 5.11 Å². The number of aliphatic hydroxyl groups excluding tert-OH is 1. The Balaban J connectivity index is 3.44. The molecule has 0 saturated heterocycles. The van der Waals surface area contributed by atoms with Gasteiger partial charge in [-0.1, -0.05) is 32.6 Å². The van der Waals surface area contributed by atoms with Crippen LogP contribution < -0.4 is 5.32 Å². The maximum Gasteiger partial charge on any atom is 0.220 e. The number of aldehydes is 1. The van der Waals surface area contributed by atoms with Crippen LogP contribution in [0.2, 0.25) is 0 Å². The van der Waals surface area contributed by atoms with Crippen LogP contribution in [-0.4, -0.2) is 29.9 Å². The molecule has 0 bridgehead atoms. The first-order valence-corrected chi connectivity index (χ1v) is 5.60. The number of unbranched alkanes of at least 4 members (excludes halogenated alkanes) is 4. The van der Waals surface area contributed by atoms with Crippen LogP contribution in [0.3, 0.4) is 0 Å². The van der Waals surface area contributed by atoms with Crippen LogP contribution in [-0.2, 0) is 9.59 Å². The summed E-state index contributed by atoms with van der Waals surface area (Å²) in [6, 6.07) is -0.742. The molecule has 0 aromatic heterocycles. The van der Waals surface area contributed by atoms with Crippen molar-refractivity contribution >= 4 is 12.2 Å². The highest BCUT2D eigenvalue weighted by molar-refractivity contribution is 5.79. The minimum Gasteiger partial charge on any atom is -0.394 e. The molecule has 0 rings (SSSR count). The molecule has 0 aliphatic rings. The van der Waals surface area contributed by atoms with Crippen molar-refractivity contribution in [3.05, 3.63) is 0 Å². The smallest absolute Gasteiger partial charge is 0.220 e. The van der Waals surface area contributed by atoms with Gasteiger partial charge in [-0.2, -0.15) is 0 Å². The Kier molecular flexibility index (Phi) is 9.07. The molecule has 0 aromatic rings. The van der Waals surface area contributed by atoms with E-state index >= 15 is 0 Å². The number of hydrogen-bond acceptors (Lipinski definition) is 3. The van der Waals surface area contributed by atoms with Gasteiger partial charge in [0.15, 0.2) is 0 Å². The second-order valence-corrected chi connectivity index (χ2v) is 3.66. The zero-order valence-electron chi connectivity index (χ0n) is 9.37. The monoisotopic (exact) mass is 215 g/mol. The number of aliphatic hydroxyl groups is 1. The average molecular weight is 215 g/mol. The summed E-state index contributed by atoms with van der Waals surface area (Å²) in [6.07, 6.45) is 6.43. The number of carbonyl (C=O) groups is 2. The van der Waals surface area contributed by atoms with Crippen molar-refractivity contribution in [2.24, 2.45) is 0 Å². The van der Waals surface area contributed by atoms with Crippen molar-refractivity contribution in [1.29, 1.82) is 0 Å².